The minimum atomic E-state index is -0.448. The van der Waals surface area contributed by atoms with E-state index < -0.39 is 11.2 Å². The molecule has 1 saturated heterocycles. The molecule has 0 bridgehead atoms. The molecule has 1 aliphatic rings. The van der Waals surface area contributed by atoms with E-state index in [1.54, 1.807) is 30.1 Å². The summed E-state index contributed by atoms with van der Waals surface area (Å²) in [6.07, 6.45) is 0.750. The Morgan fingerprint density at radius 3 is 2.38 bits per heavy atom. The monoisotopic (exact) mass is 359 g/mol. The van der Waals surface area contributed by atoms with E-state index in [9.17, 15) is 14.4 Å². The van der Waals surface area contributed by atoms with Crippen LogP contribution in [-0.2, 0) is 11.8 Å². The van der Waals surface area contributed by atoms with Crippen molar-refractivity contribution in [1.29, 1.82) is 0 Å². The lowest BCUT2D eigenvalue weighted by Gasteiger charge is -2.28. The second-order valence-corrected chi connectivity index (χ2v) is 7.80. The molecule has 26 heavy (non-hydrogen) atoms. The lowest BCUT2D eigenvalue weighted by atomic mass is 9.94. The summed E-state index contributed by atoms with van der Waals surface area (Å²) in [5.74, 6) is -0.428. The third kappa shape index (κ3) is 3.38. The molecule has 1 aliphatic heterocycles. The first-order chi connectivity index (χ1) is 12.2. The van der Waals surface area contributed by atoms with Gasteiger partial charge >= 0.3 is 5.76 Å². The van der Waals surface area contributed by atoms with E-state index in [0.29, 0.717) is 42.8 Å². The number of amides is 2. The van der Waals surface area contributed by atoms with E-state index in [2.05, 4.69) is 0 Å². The average Bonchev–Trinajstić information content (AvgIpc) is 2.78. The fourth-order valence-corrected chi connectivity index (χ4v) is 3.24. The number of hydrogen-bond acceptors (Lipinski definition) is 4. The minimum Gasteiger partial charge on any atom is -0.408 e. The van der Waals surface area contributed by atoms with Gasteiger partial charge in [-0.2, -0.15) is 0 Å². The molecule has 0 spiro atoms. The second kappa shape index (κ2) is 6.63. The lowest BCUT2D eigenvalue weighted by Crippen LogP contribution is -2.42. The molecule has 1 aromatic carbocycles. The summed E-state index contributed by atoms with van der Waals surface area (Å²) in [6.45, 7) is 8.04. The zero-order valence-electron chi connectivity index (χ0n) is 15.7. The fourth-order valence-electron chi connectivity index (χ4n) is 3.24. The van der Waals surface area contributed by atoms with Crippen LogP contribution in [0.25, 0.3) is 11.1 Å². The molecule has 0 atom stereocenters. The first-order valence-electron chi connectivity index (χ1n) is 8.87. The third-order valence-electron chi connectivity index (χ3n) is 4.75. The standard InChI is InChI=1S/C19H25N3O4/c1-19(2,3)17(24)22-9-5-8-21(10-11-22)16(23)13-6-7-15-14(12-13)20(4)18(25)26-15/h6-7,12H,5,8-11H2,1-4H3. The van der Waals surface area contributed by atoms with Crippen LogP contribution in [0.1, 0.15) is 37.6 Å². The van der Waals surface area contributed by atoms with Crippen molar-refractivity contribution in [2.24, 2.45) is 12.5 Å². The summed E-state index contributed by atoms with van der Waals surface area (Å²) in [5, 5.41) is 0. The average molecular weight is 359 g/mol. The molecular weight excluding hydrogens is 334 g/mol. The Morgan fingerprint density at radius 1 is 1.04 bits per heavy atom. The largest absolute Gasteiger partial charge is 0.419 e. The van der Waals surface area contributed by atoms with Crippen molar-refractivity contribution in [2.45, 2.75) is 27.2 Å². The van der Waals surface area contributed by atoms with Crippen LogP contribution in [0, 0.1) is 5.41 Å². The van der Waals surface area contributed by atoms with Crippen LogP contribution in [-0.4, -0.2) is 52.4 Å². The van der Waals surface area contributed by atoms with Crippen LogP contribution >= 0.6 is 0 Å². The van der Waals surface area contributed by atoms with Crippen LogP contribution in [0.3, 0.4) is 0 Å². The van der Waals surface area contributed by atoms with Crippen molar-refractivity contribution in [3.8, 4) is 0 Å². The van der Waals surface area contributed by atoms with Crippen molar-refractivity contribution in [1.82, 2.24) is 14.4 Å². The molecule has 7 heteroatoms. The van der Waals surface area contributed by atoms with Gasteiger partial charge in [-0.15, -0.1) is 0 Å². The number of oxazole rings is 1. The number of carbonyl (C=O) groups excluding carboxylic acids is 2. The van der Waals surface area contributed by atoms with Crippen molar-refractivity contribution < 1.29 is 14.0 Å². The van der Waals surface area contributed by atoms with Gasteiger partial charge in [-0.25, -0.2) is 4.79 Å². The molecular formula is C19H25N3O4. The third-order valence-corrected chi connectivity index (χ3v) is 4.75. The van der Waals surface area contributed by atoms with Crippen molar-refractivity contribution in [2.75, 3.05) is 26.2 Å². The van der Waals surface area contributed by atoms with E-state index in [1.165, 1.54) is 4.57 Å². The van der Waals surface area contributed by atoms with Gasteiger partial charge in [0.25, 0.3) is 5.91 Å². The van der Waals surface area contributed by atoms with E-state index in [4.69, 9.17) is 4.42 Å². The highest BCUT2D eigenvalue weighted by atomic mass is 16.4. The molecule has 0 aliphatic carbocycles. The zero-order valence-corrected chi connectivity index (χ0v) is 15.7. The molecule has 1 aromatic heterocycles. The first-order valence-corrected chi connectivity index (χ1v) is 8.87. The lowest BCUT2D eigenvalue weighted by molar-refractivity contribution is -0.139. The number of rotatable bonds is 1. The Kier molecular flexibility index (Phi) is 4.64. The Hall–Kier alpha value is -2.57. The molecule has 2 heterocycles. The number of benzene rings is 1. The summed E-state index contributed by atoms with van der Waals surface area (Å²) in [6, 6.07) is 5.01. The van der Waals surface area contributed by atoms with E-state index in [1.807, 2.05) is 25.7 Å². The van der Waals surface area contributed by atoms with Gasteiger partial charge in [0.2, 0.25) is 5.91 Å². The molecule has 2 amide bonds. The normalized spacial score (nSPS) is 16.0. The van der Waals surface area contributed by atoms with Gasteiger partial charge in [-0.3, -0.25) is 14.2 Å². The number of aryl methyl sites for hydroxylation is 1. The quantitative estimate of drug-likeness (QED) is 0.779. The number of fused-ring (bicyclic) bond motifs is 1. The minimum absolute atomic E-state index is 0.0920. The van der Waals surface area contributed by atoms with Gasteiger partial charge in [-0.1, -0.05) is 20.8 Å². The molecule has 7 nitrogen and oxygen atoms in total. The highest BCUT2D eigenvalue weighted by Crippen LogP contribution is 2.20. The molecule has 3 rings (SSSR count). The van der Waals surface area contributed by atoms with E-state index >= 15 is 0 Å². The maximum absolute atomic E-state index is 12.9. The number of carbonyl (C=O) groups is 2. The van der Waals surface area contributed by atoms with Crippen molar-refractivity contribution in [3.63, 3.8) is 0 Å². The first kappa shape index (κ1) is 18.2. The van der Waals surface area contributed by atoms with Gasteiger partial charge in [0, 0.05) is 44.2 Å². The molecule has 2 aromatic rings. The summed E-state index contributed by atoms with van der Waals surface area (Å²) >= 11 is 0. The summed E-state index contributed by atoms with van der Waals surface area (Å²) < 4.78 is 6.50. The fraction of sp³-hybridized carbons (Fsp3) is 0.526. The van der Waals surface area contributed by atoms with Crippen molar-refractivity contribution >= 4 is 22.9 Å². The van der Waals surface area contributed by atoms with Crippen molar-refractivity contribution in [3.05, 3.63) is 34.3 Å². The molecule has 1 fully saturated rings. The van der Waals surface area contributed by atoms with Gasteiger partial charge < -0.3 is 14.2 Å². The molecule has 140 valence electrons. The van der Waals surface area contributed by atoms with Gasteiger partial charge in [-0.05, 0) is 24.6 Å². The molecule has 0 unspecified atom stereocenters. The zero-order chi connectivity index (χ0) is 19.1. The predicted octanol–water partition coefficient (Wildman–Crippen LogP) is 1.85. The topological polar surface area (TPSA) is 75.8 Å². The molecule has 0 N–H and O–H groups in total. The van der Waals surface area contributed by atoms with Crippen LogP contribution in [0.4, 0.5) is 0 Å². The highest BCUT2D eigenvalue weighted by molar-refractivity contribution is 5.97. The smallest absolute Gasteiger partial charge is 0.408 e. The summed E-state index contributed by atoms with van der Waals surface area (Å²) in [4.78, 5) is 40.6. The Bertz CT molecular complexity index is 904. The molecule has 0 radical (unpaired) electrons. The van der Waals surface area contributed by atoms with Gasteiger partial charge in [0.05, 0.1) is 5.52 Å². The van der Waals surface area contributed by atoms with E-state index in [0.717, 1.165) is 6.42 Å². The van der Waals surface area contributed by atoms with E-state index in [-0.39, 0.29) is 11.8 Å². The maximum atomic E-state index is 12.9. The van der Waals surface area contributed by atoms with Crippen LogP contribution < -0.4 is 5.76 Å². The Labute approximate surface area is 152 Å². The van der Waals surface area contributed by atoms with Gasteiger partial charge in [0.15, 0.2) is 5.58 Å². The van der Waals surface area contributed by atoms with Crippen LogP contribution in [0.15, 0.2) is 27.4 Å². The second-order valence-electron chi connectivity index (χ2n) is 7.80. The summed E-state index contributed by atoms with van der Waals surface area (Å²) in [7, 11) is 1.62. The number of nitrogens with zero attached hydrogens (tertiary/aromatic N) is 3. The van der Waals surface area contributed by atoms with Crippen LogP contribution in [0.2, 0.25) is 0 Å². The highest BCUT2D eigenvalue weighted by Gasteiger charge is 2.29. The SMILES string of the molecule is Cn1c(=O)oc2ccc(C(=O)N3CCCN(C(=O)C(C)(C)C)CC3)cc21. The van der Waals surface area contributed by atoms with Crippen LogP contribution in [0.5, 0.6) is 0 Å². The maximum Gasteiger partial charge on any atom is 0.419 e. The predicted molar refractivity (Wildman–Crippen MR) is 98.0 cm³/mol. The Morgan fingerprint density at radius 2 is 1.69 bits per heavy atom. The van der Waals surface area contributed by atoms with Gasteiger partial charge in [0.1, 0.15) is 0 Å². The molecule has 0 saturated carbocycles. The number of aromatic nitrogens is 1. The number of hydrogen-bond donors (Lipinski definition) is 0. The summed E-state index contributed by atoms with van der Waals surface area (Å²) in [5.41, 5.74) is 1.16. The Balaban J connectivity index is 1.77.